The zero-order valence-electron chi connectivity index (χ0n) is 8.97. The van der Waals surface area contributed by atoms with Gasteiger partial charge in [-0.3, -0.25) is 9.59 Å². The average Bonchev–Trinajstić information content (AvgIpc) is 2.02. The van der Waals surface area contributed by atoms with E-state index in [1.54, 1.807) is 0 Å². The second-order valence-electron chi connectivity index (χ2n) is 2.80. The summed E-state index contributed by atoms with van der Waals surface area (Å²) in [6, 6.07) is 0. The van der Waals surface area contributed by atoms with E-state index in [9.17, 15) is 9.59 Å². The minimum Gasteiger partial charge on any atom is -0.465 e. The Morgan fingerprint density at radius 3 is 2.07 bits per heavy atom. The Labute approximate surface area is 89.0 Å². The maximum Gasteiger partial charge on any atom is 0.631 e. The largest absolute Gasteiger partial charge is 0.631 e. The van der Waals surface area contributed by atoms with Gasteiger partial charge in [0.05, 0.1) is 6.61 Å². The first-order chi connectivity index (χ1) is 6.90. The standard InChI is InChI=1S/C8H14O3.BH3O3/c1-3-4-5-11-8(10)6-7(2)9;2-1(3)4/h3-6H2,1-2H3;2-4H. The molecule has 3 N–H and O–H groups in total. The number of Topliss-reactive ketones (excluding diaryl/α,β-unsaturated/α-hetero) is 1. The predicted molar refractivity (Wildman–Crippen MR) is 53.6 cm³/mol. The highest BCUT2D eigenvalue weighted by Crippen LogP contribution is 1.92. The molecule has 0 saturated carbocycles. The monoisotopic (exact) mass is 220 g/mol. The molecule has 0 spiro atoms. The highest BCUT2D eigenvalue weighted by molar-refractivity contribution is 6.30. The molecule has 0 saturated heterocycles. The molecule has 88 valence electrons. The van der Waals surface area contributed by atoms with Gasteiger partial charge in [0.25, 0.3) is 0 Å². The molecule has 15 heavy (non-hydrogen) atoms. The van der Waals surface area contributed by atoms with Crippen molar-refractivity contribution in [3.63, 3.8) is 0 Å². The Morgan fingerprint density at radius 2 is 1.73 bits per heavy atom. The van der Waals surface area contributed by atoms with Gasteiger partial charge in [0.2, 0.25) is 0 Å². The molecule has 0 aromatic carbocycles. The Bertz CT molecular complexity index is 179. The summed E-state index contributed by atoms with van der Waals surface area (Å²) in [5, 5.41) is 21.5. The van der Waals surface area contributed by atoms with E-state index in [1.165, 1.54) is 6.92 Å². The Kier molecular flexibility index (Phi) is 12.3. The van der Waals surface area contributed by atoms with Crippen molar-refractivity contribution in [2.75, 3.05) is 6.61 Å². The van der Waals surface area contributed by atoms with Gasteiger partial charge in [-0.1, -0.05) is 13.3 Å². The van der Waals surface area contributed by atoms with E-state index >= 15 is 0 Å². The smallest absolute Gasteiger partial charge is 0.465 e. The van der Waals surface area contributed by atoms with Crippen LogP contribution in [0.25, 0.3) is 0 Å². The van der Waals surface area contributed by atoms with Crippen LogP contribution in [0.15, 0.2) is 0 Å². The van der Waals surface area contributed by atoms with Gasteiger partial charge in [0, 0.05) is 0 Å². The molecule has 0 rings (SSSR count). The third-order valence-corrected chi connectivity index (χ3v) is 1.15. The summed E-state index contributed by atoms with van der Waals surface area (Å²) in [6.45, 7) is 3.82. The Hall–Kier alpha value is -0.915. The van der Waals surface area contributed by atoms with Crippen molar-refractivity contribution in [1.29, 1.82) is 0 Å². The molecule has 0 aromatic rings. The van der Waals surface area contributed by atoms with E-state index < -0.39 is 13.3 Å². The van der Waals surface area contributed by atoms with Crippen LogP contribution in [0, 0.1) is 0 Å². The molecule has 0 aliphatic heterocycles. The van der Waals surface area contributed by atoms with Crippen LogP contribution in [0.2, 0.25) is 0 Å². The molecule has 6 nitrogen and oxygen atoms in total. The third-order valence-electron chi connectivity index (χ3n) is 1.15. The van der Waals surface area contributed by atoms with Gasteiger partial charge in [-0.25, -0.2) is 0 Å². The van der Waals surface area contributed by atoms with Gasteiger partial charge in [-0.2, -0.15) is 0 Å². The maximum atomic E-state index is 10.7. The molecule has 0 aliphatic rings. The van der Waals surface area contributed by atoms with Gasteiger partial charge in [-0.15, -0.1) is 0 Å². The fourth-order valence-corrected chi connectivity index (χ4v) is 0.585. The van der Waals surface area contributed by atoms with Crippen molar-refractivity contribution in [3.8, 4) is 0 Å². The quantitative estimate of drug-likeness (QED) is 0.244. The fraction of sp³-hybridized carbons (Fsp3) is 0.750. The summed E-state index contributed by atoms with van der Waals surface area (Å²) in [7, 11) is -2.17. The van der Waals surface area contributed by atoms with Crippen LogP contribution in [0.4, 0.5) is 0 Å². The molecular weight excluding hydrogens is 203 g/mol. The number of hydrogen-bond acceptors (Lipinski definition) is 6. The molecule has 0 bridgehead atoms. The lowest BCUT2D eigenvalue weighted by atomic mass is 10.3. The molecule has 0 unspecified atom stereocenters. The van der Waals surface area contributed by atoms with Crippen molar-refractivity contribution in [3.05, 3.63) is 0 Å². The highest BCUT2D eigenvalue weighted by atomic mass is 16.5. The molecule has 7 heteroatoms. The number of esters is 1. The number of ketones is 1. The summed E-state index contributed by atoms with van der Waals surface area (Å²) in [5.41, 5.74) is 0. The van der Waals surface area contributed by atoms with E-state index in [4.69, 9.17) is 19.8 Å². The summed E-state index contributed by atoms with van der Waals surface area (Å²) in [5.74, 6) is -0.558. The van der Waals surface area contributed by atoms with E-state index in [2.05, 4.69) is 0 Å². The zero-order chi connectivity index (χ0) is 12.3. The van der Waals surface area contributed by atoms with Gasteiger partial charge in [0.15, 0.2) is 0 Å². The number of carbonyl (C=O) groups excluding carboxylic acids is 2. The van der Waals surface area contributed by atoms with E-state index in [1.807, 2.05) is 6.92 Å². The zero-order valence-corrected chi connectivity index (χ0v) is 8.97. The third kappa shape index (κ3) is 24.6. The maximum absolute atomic E-state index is 10.7. The Balaban J connectivity index is 0. The van der Waals surface area contributed by atoms with E-state index in [-0.39, 0.29) is 12.2 Å². The lowest BCUT2D eigenvalue weighted by Crippen LogP contribution is -2.09. The molecule has 0 atom stereocenters. The van der Waals surface area contributed by atoms with E-state index in [0.717, 1.165) is 12.8 Å². The summed E-state index contributed by atoms with van der Waals surface area (Å²) in [6.07, 6.45) is 1.76. The van der Waals surface area contributed by atoms with Crippen LogP contribution in [0.3, 0.4) is 0 Å². The van der Waals surface area contributed by atoms with Crippen molar-refractivity contribution in [2.24, 2.45) is 0 Å². The first kappa shape index (κ1) is 16.5. The summed E-state index contributed by atoms with van der Waals surface area (Å²) in [4.78, 5) is 21.1. The summed E-state index contributed by atoms with van der Waals surface area (Å²) < 4.78 is 4.73. The van der Waals surface area contributed by atoms with E-state index in [0.29, 0.717) is 6.61 Å². The Morgan fingerprint density at radius 1 is 1.27 bits per heavy atom. The van der Waals surface area contributed by atoms with Crippen LogP contribution in [0.5, 0.6) is 0 Å². The molecule has 0 amide bonds. The van der Waals surface area contributed by atoms with Crippen LogP contribution in [-0.4, -0.2) is 40.8 Å². The normalized spacial score (nSPS) is 8.60. The first-order valence-corrected chi connectivity index (χ1v) is 4.59. The molecular formula is C8H17BO6. The first-order valence-electron chi connectivity index (χ1n) is 4.59. The van der Waals surface area contributed by atoms with Crippen LogP contribution in [-0.2, 0) is 14.3 Å². The predicted octanol–water partition coefficient (Wildman–Crippen LogP) is -0.743. The minimum atomic E-state index is -2.17. The second kappa shape index (κ2) is 11.2. The van der Waals surface area contributed by atoms with Gasteiger partial charge in [-0.05, 0) is 13.3 Å². The minimum absolute atomic E-state index is 0.0935. The SMILES string of the molecule is CCCCOC(=O)CC(C)=O.OB(O)O. The second-order valence-corrected chi connectivity index (χ2v) is 2.80. The summed E-state index contributed by atoms with van der Waals surface area (Å²) >= 11 is 0. The van der Waals surface area contributed by atoms with Gasteiger partial charge in [0.1, 0.15) is 12.2 Å². The van der Waals surface area contributed by atoms with Crippen molar-refractivity contribution >= 4 is 19.1 Å². The van der Waals surface area contributed by atoms with Gasteiger partial charge >= 0.3 is 13.3 Å². The molecule has 0 aromatic heterocycles. The molecule has 0 heterocycles. The van der Waals surface area contributed by atoms with Gasteiger partial charge < -0.3 is 19.8 Å². The fourth-order valence-electron chi connectivity index (χ4n) is 0.585. The highest BCUT2D eigenvalue weighted by Gasteiger charge is 2.04. The topological polar surface area (TPSA) is 104 Å². The molecule has 0 aliphatic carbocycles. The van der Waals surface area contributed by atoms with Crippen molar-refractivity contribution in [2.45, 2.75) is 33.1 Å². The number of ether oxygens (including phenoxy) is 1. The van der Waals surface area contributed by atoms with Crippen molar-refractivity contribution in [1.82, 2.24) is 0 Å². The van der Waals surface area contributed by atoms with Crippen LogP contribution >= 0.6 is 0 Å². The lowest BCUT2D eigenvalue weighted by molar-refractivity contribution is -0.145. The van der Waals surface area contributed by atoms with Crippen LogP contribution < -0.4 is 0 Å². The van der Waals surface area contributed by atoms with Crippen LogP contribution in [0.1, 0.15) is 33.1 Å². The number of rotatable bonds is 5. The number of unbranched alkanes of at least 4 members (excludes halogenated alkanes) is 1. The molecule has 0 fully saturated rings. The molecule has 0 radical (unpaired) electrons. The number of carbonyl (C=O) groups is 2. The lowest BCUT2D eigenvalue weighted by Gasteiger charge is -2.00. The van der Waals surface area contributed by atoms with Crippen molar-refractivity contribution < 1.29 is 29.4 Å². The number of hydrogen-bond donors (Lipinski definition) is 3. The average molecular weight is 220 g/mol.